The lowest BCUT2D eigenvalue weighted by Gasteiger charge is -2.44. The van der Waals surface area contributed by atoms with Crippen molar-refractivity contribution in [2.45, 2.75) is 58.2 Å². The molecule has 0 amide bonds. The quantitative estimate of drug-likeness (QED) is 0.788. The fourth-order valence-corrected chi connectivity index (χ4v) is 11.2. The Labute approximate surface area is 145 Å². The minimum atomic E-state index is -1.93. The number of pyridine rings is 1. The van der Waals surface area contributed by atoms with Crippen LogP contribution in [0, 0.1) is 0 Å². The molecule has 0 aromatic carbocycles. The second-order valence-corrected chi connectivity index (χ2v) is 13.1. The Morgan fingerprint density at radius 3 is 2.04 bits per heavy atom. The molecule has 0 aliphatic heterocycles. The highest BCUT2D eigenvalue weighted by Gasteiger charge is 2.45. The number of aromatic nitrogens is 2. The first-order valence-electron chi connectivity index (χ1n) is 8.60. The molecule has 2 heterocycles. The van der Waals surface area contributed by atoms with Crippen molar-refractivity contribution in [3.63, 3.8) is 0 Å². The van der Waals surface area contributed by atoms with Crippen LogP contribution in [0.25, 0.3) is 11.0 Å². The van der Waals surface area contributed by atoms with Crippen molar-refractivity contribution in [1.29, 1.82) is 0 Å². The smallest absolute Gasteiger partial charge is 0.481 e. The number of fused-ring (bicyclic) bond motifs is 1. The predicted molar refractivity (Wildman–Crippen MR) is 103 cm³/mol. The molecule has 2 aromatic heterocycles. The van der Waals surface area contributed by atoms with Gasteiger partial charge in [-0.05, 0) is 35.0 Å². The molecule has 0 saturated heterocycles. The van der Waals surface area contributed by atoms with Gasteiger partial charge in [0.2, 0.25) is 5.88 Å². The van der Waals surface area contributed by atoms with Gasteiger partial charge in [-0.1, -0.05) is 41.5 Å². The van der Waals surface area contributed by atoms with Crippen LogP contribution in [-0.4, -0.2) is 41.7 Å². The number of hydrogen-bond donors (Lipinski definition) is 2. The molecule has 0 spiro atoms. The Morgan fingerprint density at radius 2 is 1.62 bits per heavy atom. The van der Waals surface area contributed by atoms with Crippen molar-refractivity contribution in [3.8, 4) is 5.88 Å². The van der Waals surface area contributed by atoms with Gasteiger partial charge in [0.15, 0.2) is 8.24 Å². The molecule has 5 nitrogen and oxygen atoms in total. The van der Waals surface area contributed by atoms with Gasteiger partial charge in [-0.15, -0.1) is 0 Å². The summed E-state index contributed by atoms with van der Waals surface area (Å²) in [6.07, 6.45) is 2.12. The fraction of sp³-hybridized carbons (Fsp3) is 0.588. The highest BCUT2D eigenvalue weighted by atomic mass is 28.3. The van der Waals surface area contributed by atoms with E-state index in [-0.39, 0.29) is 5.88 Å². The Kier molecular flexibility index (Phi) is 5.47. The molecular weight excluding hydrogens is 319 g/mol. The summed E-state index contributed by atoms with van der Waals surface area (Å²) in [5.41, 5.74) is 3.72. The molecule has 0 saturated carbocycles. The lowest BCUT2D eigenvalue weighted by atomic mass is 9.81. The zero-order chi connectivity index (χ0) is 18.2. The first kappa shape index (κ1) is 19.0. The van der Waals surface area contributed by atoms with Crippen LogP contribution >= 0.6 is 0 Å². The summed E-state index contributed by atoms with van der Waals surface area (Å²) in [7, 11) is -2.04. The van der Waals surface area contributed by atoms with Crippen LogP contribution in [0.4, 0.5) is 0 Å². The van der Waals surface area contributed by atoms with Gasteiger partial charge in [0.05, 0.1) is 18.1 Å². The second kappa shape index (κ2) is 6.90. The van der Waals surface area contributed by atoms with Crippen LogP contribution in [0.5, 0.6) is 5.88 Å². The van der Waals surface area contributed by atoms with E-state index in [1.54, 1.807) is 0 Å². The van der Waals surface area contributed by atoms with Gasteiger partial charge < -0.3 is 19.0 Å². The predicted octanol–water partition coefficient (Wildman–Crippen LogP) is 2.75. The first-order chi connectivity index (χ1) is 11.2. The standard InChI is InChI=1S/C17H29BN2O3Si/c1-11(2)24(12(3)4,13(5)6)20-9-8-15-16(20)10-14(18(21)22)17(19-15)23-7/h8-13,21-22H,1-7H3. The first-order valence-corrected chi connectivity index (χ1v) is 10.8. The molecule has 2 aromatic rings. The molecule has 2 N–H and O–H groups in total. The summed E-state index contributed by atoms with van der Waals surface area (Å²) in [5, 5.41) is 19.4. The maximum Gasteiger partial charge on any atom is 0.494 e. The zero-order valence-corrected chi connectivity index (χ0v) is 16.7. The average molecular weight is 348 g/mol. The summed E-state index contributed by atoms with van der Waals surface area (Å²) in [5.74, 6) is 0.265. The van der Waals surface area contributed by atoms with Gasteiger partial charge in [-0.2, -0.15) is 0 Å². The summed E-state index contributed by atoms with van der Waals surface area (Å²) in [6, 6.07) is 3.82. The van der Waals surface area contributed by atoms with E-state index in [1.807, 2.05) is 12.1 Å². The van der Waals surface area contributed by atoms with Crippen molar-refractivity contribution < 1.29 is 14.8 Å². The fourth-order valence-electron chi connectivity index (χ4n) is 4.58. The SMILES string of the molecule is COc1nc2ccn([Si](C(C)C)(C(C)C)C(C)C)c2cc1B(O)O. The van der Waals surface area contributed by atoms with Crippen molar-refractivity contribution in [1.82, 2.24) is 9.22 Å². The van der Waals surface area contributed by atoms with Crippen molar-refractivity contribution in [2.24, 2.45) is 0 Å². The van der Waals surface area contributed by atoms with Crippen LogP contribution in [0.15, 0.2) is 18.3 Å². The largest absolute Gasteiger partial charge is 0.494 e. The van der Waals surface area contributed by atoms with Gasteiger partial charge in [0, 0.05) is 5.46 Å². The molecule has 132 valence electrons. The van der Waals surface area contributed by atoms with Crippen molar-refractivity contribution in [3.05, 3.63) is 18.3 Å². The minimum absolute atomic E-state index is 0.265. The molecular formula is C17H29BN2O3Si. The third-order valence-corrected chi connectivity index (χ3v) is 12.1. The lowest BCUT2D eigenvalue weighted by molar-refractivity contribution is 0.392. The topological polar surface area (TPSA) is 67.5 Å². The summed E-state index contributed by atoms with van der Waals surface area (Å²) < 4.78 is 7.63. The van der Waals surface area contributed by atoms with Gasteiger partial charge >= 0.3 is 7.12 Å². The molecule has 0 aliphatic carbocycles. The van der Waals surface area contributed by atoms with E-state index in [0.717, 1.165) is 11.0 Å². The molecule has 0 radical (unpaired) electrons. The third-order valence-electron chi connectivity index (χ3n) is 5.33. The van der Waals surface area contributed by atoms with Crippen LogP contribution in [0.2, 0.25) is 16.6 Å². The Balaban J connectivity index is 2.82. The Morgan fingerprint density at radius 1 is 1.08 bits per heavy atom. The van der Waals surface area contributed by atoms with E-state index in [4.69, 9.17) is 4.74 Å². The van der Waals surface area contributed by atoms with E-state index in [2.05, 4.69) is 57.0 Å². The summed E-state index contributed by atoms with van der Waals surface area (Å²) in [6.45, 7) is 13.8. The lowest BCUT2D eigenvalue weighted by Crippen LogP contribution is -2.51. The molecule has 0 aliphatic rings. The van der Waals surface area contributed by atoms with Crippen molar-refractivity contribution >= 4 is 31.9 Å². The normalized spacial score (nSPS) is 12.7. The molecule has 0 unspecified atom stereocenters. The number of rotatable bonds is 6. The number of methoxy groups -OCH3 is 1. The van der Waals surface area contributed by atoms with Crippen LogP contribution in [0.3, 0.4) is 0 Å². The molecule has 7 heteroatoms. The van der Waals surface area contributed by atoms with E-state index >= 15 is 0 Å². The van der Waals surface area contributed by atoms with Gasteiger partial charge in [0.25, 0.3) is 0 Å². The number of ether oxygens (including phenoxy) is 1. The van der Waals surface area contributed by atoms with Gasteiger partial charge in [0.1, 0.15) is 0 Å². The molecule has 24 heavy (non-hydrogen) atoms. The highest BCUT2D eigenvalue weighted by Crippen LogP contribution is 2.44. The Hall–Kier alpha value is -1.31. The maximum atomic E-state index is 9.69. The number of hydrogen-bond acceptors (Lipinski definition) is 4. The average Bonchev–Trinajstić information content (AvgIpc) is 2.88. The van der Waals surface area contributed by atoms with Crippen LogP contribution in [-0.2, 0) is 0 Å². The third kappa shape index (κ3) is 2.78. The van der Waals surface area contributed by atoms with Crippen LogP contribution < -0.4 is 10.2 Å². The molecule has 0 atom stereocenters. The van der Waals surface area contributed by atoms with Gasteiger partial charge in [-0.25, -0.2) is 4.98 Å². The molecule has 0 fully saturated rings. The zero-order valence-electron chi connectivity index (χ0n) is 15.7. The number of nitrogens with zero attached hydrogens (tertiary/aromatic N) is 2. The maximum absolute atomic E-state index is 9.69. The van der Waals surface area contributed by atoms with Gasteiger partial charge in [-0.3, -0.25) is 0 Å². The Bertz CT molecular complexity index is 691. The van der Waals surface area contributed by atoms with Crippen molar-refractivity contribution in [2.75, 3.05) is 7.11 Å². The van der Waals surface area contributed by atoms with Crippen LogP contribution in [0.1, 0.15) is 41.5 Å². The monoisotopic (exact) mass is 348 g/mol. The highest BCUT2D eigenvalue weighted by molar-refractivity contribution is 6.82. The summed E-state index contributed by atoms with van der Waals surface area (Å²) in [4.78, 5) is 4.49. The minimum Gasteiger partial charge on any atom is -0.481 e. The van der Waals surface area contributed by atoms with E-state index < -0.39 is 15.4 Å². The molecule has 0 bridgehead atoms. The van der Waals surface area contributed by atoms with E-state index in [0.29, 0.717) is 22.1 Å². The molecule has 2 rings (SSSR count). The summed E-state index contributed by atoms with van der Waals surface area (Å²) >= 11 is 0. The van der Waals surface area contributed by atoms with E-state index in [9.17, 15) is 10.0 Å². The van der Waals surface area contributed by atoms with E-state index in [1.165, 1.54) is 7.11 Å². The second-order valence-electron chi connectivity index (χ2n) is 7.40.